The summed E-state index contributed by atoms with van der Waals surface area (Å²) in [5.41, 5.74) is 0.599. The number of aromatic nitrogens is 2. The fourth-order valence-corrected chi connectivity index (χ4v) is 2.88. The molecule has 22 heavy (non-hydrogen) atoms. The molecule has 1 aromatic carbocycles. The van der Waals surface area contributed by atoms with E-state index in [1.54, 1.807) is 35.9 Å². The van der Waals surface area contributed by atoms with E-state index in [9.17, 15) is 9.90 Å². The lowest BCUT2D eigenvalue weighted by Gasteiger charge is -2.19. The molecule has 0 atom stereocenters. The predicted octanol–water partition coefficient (Wildman–Crippen LogP) is 2.66. The van der Waals surface area contributed by atoms with Crippen LogP contribution in [0.25, 0.3) is 5.69 Å². The predicted molar refractivity (Wildman–Crippen MR) is 86.0 cm³/mol. The second-order valence-corrected chi connectivity index (χ2v) is 6.73. The fraction of sp³-hybridized carbons (Fsp3) is 0.357. The molecular weight excluding hydrogens is 308 g/mol. The number of aromatic hydroxyl groups is 1. The third-order valence-electron chi connectivity index (χ3n) is 3.41. The second kappa shape index (κ2) is 6.57. The summed E-state index contributed by atoms with van der Waals surface area (Å²) < 4.78 is 29.9. The molecule has 0 fully saturated rings. The minimum Gasteiger partial charge on any atom is -0.502 e. The number of rotatable bonds is 6. The van der Waals surface area contributed by atoms with Crippen molar-refractivity contribution in [2.45, 2.75) is 26.3 Å². The molecule has 8 heteroatoms. The van der Waals surface area contributed by atoms with E-state index in [2.05, 4.69) is 0 Å². The SMILES string of the molecule is Cc1c(O)c(=O)n(-c2ccccc2)n1CCCCS(O)(O)O. The Kier molecular flexibility index (Phi) is 4.97. The van der Waals surface area contributed by atoms with Crippen molar-refractivity contribution in [1.29, 1.82) is 0 Å². The monoisotopic (exact) mass is 328 g/mol. The molecule has 0 saturated heterocycles. The van der Waals surface area contributed by atoms with E-state index in [-0.39, 0.29) is 11.5 Å². The van der Waals surface area contributed by atoms with Gasteiger partial charge in [0, 0.05) is 12.3 Å². The highest BCUT2D eigenvalue weighted by Gasteiger charge is 2.17. The average molecular weight is 328 g/mol. The van der Waals surface area contributed by atoms with Gasteiger partial charge in [0.2, 0.25) is 5.75 Å². The summed E-state index contributed by atoms with van der Waals surface area (Å²) in [5.74, 6) is -0.398. The molecule has 122 valence electrons. The van der Waals surface area contributed by atoms with E-state index in [0.717, 1.165) is 0 Å². The lowest BCUT2D eigenvalue weighted by atomic mass is 10.3. The normalized spacial score (nSPS) is 12.5. The van der Waals surface area contributed by atoms with Gasteiger partial charge in [-0.25, -0.2) is 4.68 Å². The fourth-order valence-electron chi connectivity index (χ4n) is 2.29. The van der Waals surface area contributed by atoms with Crippen molar-refractivity contribution in [1.82, 2.24) is 9.36 Å². The summed E-state index contributed by atoms with van der Waals surface area (Å²) >= 11 is 0. The molecule has 1 heterocycles. The van der Waals surface area contributed by atoms with Gasteiger partial charge < -0.3 is 18.8 Å². The Morgan fingerprint density at radius 3 is 2.32 bits per heavy atom. The first-order valence-electron chi connectivity index (χ1n) is 6.86. The molecule has 7 nitrogen and oxygen atoms in total. The summed E-state index contributed by atoms with van der Waals surface area (Å²) in [6, 6.07) is 8.96. The Hall–Kier alpha value is -1.74. The first kappa shape index (κ1) is 16.6. The average Bonchev–Trinajstić information content (AvgIpc) is 2.68. The Labute approximate surface area is 129 Å². The molecule has 2 rings (SSSR count). The molecule has 0 bridgehead atoms. The van der Waals surface area contributed by atoms with Crippen molar-refractivity contribution in [3.63, 3.8) is 0 Å². The van der Waals surface area contributed by atoms with Gasteiger partial charge in [0.15, 0.2) is 0 Å². The first-order chi connectivity index (χ1) is 10.3. The smallest absolute Gasteiger partial charge is 0.313 e. The van der Waals surface area contributed by atoms with Crippen molar-refractivity contribution in [3.05, 3.63) is 46.4 Å². The first-order valence-corrected chi connectivity index (χ1v) is 8.53. The quantitative estimate of drug-likeness (QED) is 0.610. The maximum atomic E-state index is 12.2. The largest absolute Gasteiger partial charge is 0.502 e. The van der Waals surface area contributed by atoms with Gasteiger partial charge in [0.25, 0.3) is 0 Å². The van der Waals surface area contributed by atoms with Crippen LogP contribution in [0.15, 0.2) is 35.1 Å². The standard InChI is InChI=1S/C14H20N2O5S/c1-11-13(17)14(18)16(12-7-3-2-4-8-12)15(11)9-5-6-10-22(19,20)21/h2-4,7-8,17,19-21H,5-6,9-10H2,1H3. The van der Waals surface area contributed by atoms with Crippen LogP contribution >= 0.6 is 10.9 Å². The van der Waals surface area contributed by atoms with Crippen LogP contribution in [-0.2, 0) is 6.54 Å². The van der Waals surface area contributed by atoms with Gasteiger partial charge in [0.05, 0.1) is 22.3 Å². The van der Waals surface area contributed by atoms with Gasteiger partial charge in [-0.3, -0.25) is 9.48 Å². The lowest BCUT2D eigenvalue weighted by molar-refractivity contribution is 0.372. The van der Waals surface area contributed by atoms with Crippen molar-refractivity contribution < 1.29 is 18.8 Å². The number of hydrogen-bond donors (Lipinski definition) is 4. The van der Waals surface area contributed by atoms with Gasteiger partial charge in [0.1, 0.15) is 0 Å². The molecule has 2 aromatic rings. The van der Waals surface area contributed by atoms with Crippen LogP contribution < -0.4 is 5.56 Å². The summed E-state index contributed by atoms with van der Waals surface area (Å²) in [5, 5.41) is 9.89. The van der Waals surface area contributed by atoms with Crippen molar-refractivity contribution in [2.24, 2.45) is 0 Å². The summed E-state index contributed by atoms with van der Waals surface area (Å²) in [6.07, 6.45) is 0.915. The van der Waals surface area contributed by atoms with Gasteiger partial charge in [-0.2, -0.15) is 0 Å². The number of nitrogens with zero attached hydrogens (tertiary/aromatic N) is 2. The van der Waals surface area contributed by atoms with Crippen LogP contribution in [0, 0.1) is 6.92 Å². The number of unbranched alkanes of at least 4 members (excludes halogenated alkanes) is 1. The lowest BCUT2D eigenvalue weighted by Crippen LogP contribution is -2.21. The Balaban J connectivity index is 2.24. The number of benzene rings is 1. The van der Waals surface area contributed by atoms with E-state index in [1.165, 1.54) is 4.68 Å². The zero-order valence-electron chi connectivity index (χ0n) is 12.2. The summed E-state index contributed by atoms with van der Waals surface area (Å²) in [7, 11) is -3.48. The van der Waals surface area contributed by atoms with E-state index >= 15 is 0 Å². The maximum absolute atomic E-state index is 12.2. The highest BCUT2D eigenvalue weighted by atomic mass is 32.3. The Morgan fingerprint density at radius 1 is 1.09 bits per heavy atom. The number of hydrogen-bond acceptors (Lipinski definition) is 5. The molecule has 0 saturated carbocycles. The topological polar surface area (TPSA) is 108 Å². The summed E-state index contributed by atoms with van der Waals surface area (Å²) in [6.45, 7) is 2.06. The molecular formula is C14H20N2O5S. The maximum Gasteiger partial charge on any atom is 0.313 e. The second-order valence-electron chi connectivity index (χ2n) is 5.05. The van der Waals surface area contributed by atoms with Crippen molar-refractivity contribution in [3.8, 4) is 11.4 Å². The van der Waals surface area contributed by atoms with Crippen LogP contribution in [0.1, 0.15) is 18.5 Å². The third-order valence-corrected chi connectivity index (χ3v) is 4.24. The van der Waals surface area contributed by atoms with Crippen molar-refractivity contribution >= 4 is 10.9 Å². The highest BCUT2D eigenvalue weighted by Crippen LogP contribution is 2.33. The Bertz CT molecular complexity index is 688. The van der Waals surface area contributed by atoms with Crippen LogP contribution in [-0.4, -0.2) is 33.9 Å². The molecule has 0 aliphatic rings. The van der Waals surface area contributed by atoms with Crippen LogP contribution in [0.5, 0.6) is 5.75 Å². The molecule has 0 spiro atoms. The molecule has 0 radical (unpaired) electrons. The van der Waals surface area contributed by atoms with E-state index < -0.39 is 16.4 Å². The van der Waals surface area contributed by atoms with E-state index in [1.807, 2.05) is 6.07 Å². The van der Waals surface area contributed by atoms with E-state index in [4.69, 9.17) is 13.7 Å². The molecule has 0 aliphatic carbocycles. The minimum atomic E-state index is -3.48. The zero-order chi connectivity index (χ0) is 16.3. The van der Waals surface area contributed by atoms with Gasteiger partial charge in [-0.1, -0.05) is 18.2 Å². The molecule has 1 aromatic heterocycles. The van der Waals surface area contributed by atoms with Gasteiger partial charge in [-0.05, 0) is 31.9 Å². The van der Waals surface area contributed by atoms with Crippen LogP contribution in [0.4, 0.5) is 0 Å². The highest BCUT2D eigenvalue weighted by molar-refractivity contribution is 8.19. The molecule has 0 amide bonds. The third kappa shape index (κ3) is 3.72. The minimum absolute atomic E-state index is 0.102. The zero-order valence-corrected chi connectivity index (χ0v) is 13.0. The van der Waals surface area contributed by atoms with Gasteiger partial charge >= 0.3 is 5.56 Å². The molecule has 0 unspecified atom stereocenters. The van der Waals surface area contributed by atoms with Crippen molar-refractivity contribution in [2.75, 3.05) is 5.75 Å². The molecule has 0 aliphatic heterocycles. The summed E-state index contributed by atoms with van der Waals surface area (Å²) in [4.78, 5) is 12.2. The van der Waals surface area contributed by atoms with Crippen LogP contribution in [0.3, 0.4) is 0 Å². The molecule has 4 N–H and O–H groups in total. The number of para-hydroxylation sites is 1. The van der Waals surface area contributed by atoms with Gasteiger partial charge in [-0.15, -0.1) is 0 Å². The van der Waals surface area contributed by atoms with Crippen LogP contribution in [0.2, 0.25) is 0 Å². The van der Waals surface area contributed by atoms with E-state index in [0.29, 0.717) is 30.8 Å². The Morgan fingerprint density at radius 2 is 1.73 bits per heavy atom.